The summed E-state index contributed by atoms with van der Waals surface area (Å²) in [7, 11) is 2.11. The summed E-state index contributed by atoms with van der Waals surface area (Å²) in [6.45, 7) is 8.10. The molecular weight excluding hydrogens is 498 g/mol. The summed E-state index contributed by atoms with van der Waals surface area (Å²) < 4.78 is 0. The van der Waals surface area contributed by atoms with Crippen molar-refractivity contribution in [2.75, 3.05) is 39.8 Å². The number of likely N-dealkylation sites (tertiary alicyclic amines) is 1. The van der Waals surface area contributed by atoms with E-state index >= 15 is 0 Å². The molecular formula is C33H39N5O2. The highest BCUT2D eigenvalue weighted by molar-refractivity contribution is 5.94. The number of allylic oxidation sites excluding steroid dienone is 6. The van der Waals surface area contributed by atoms with Gasteiger partial charge in [-0.15, -0.1) is 0 Å². The number of amides is 2. The molecule has 2 amide bonds. The lowest BCUT2D eigenvalue weighted by molar-refractivity contribution is -0.142. The van der Waals surface area contributed by atoms with Gasteiger partial charge in [-0.05, 0) is 68.0 Å². The van der Waals surface area contributed by atoms with Crippen LogP contribution in [0.15, 0.2) is 77.6 Å². The molecule has 7 nitrogen and oxygen atoms in total. The Morgan fingerprint density at radius 2 is 1.68 bits per heavy atom. The third-order valence-electron chi connectivity index (χ3n) is 8.26. The first-order chi connectivity index (χ1) is 19.4. The summed E-state index contributed by atoms with van der Waals surface area (Å²) >= 11 is 0. The zero-order valence-electron chi connectivity index (χ0n) is 23.4. The van der Waals surface area contributed by atoms with Crippen molar-refractivity contribution in [2.45, 2.75) is 50.6 Å². The molecule has 2 N–H and O–H groups in total. The smallest absolute Gasteiger partial charge is 0.251 e. The fourth-order valence-corrected chi connectivity index (χ4v) is 5.78. The molecule has 7 heteroatoms. The fourth-order valence-electron chi connectivity index (χ4n) is 5.78. The maximum Gasteiger partial charge on any atom is 0.251 e. The van der Waals surface area contributed by atoms with Crippen molar-refractivity contribution in [3.63, 3.8) is 0 Å². The Hall–Kier alpha value is -3.73. The van der Waals surface area contributed by atoms with Crippen LogP contribution in [0.2, 0.25) is 0 Å². The third-order valence-corrected chi connectivity index (χ3v) is 8.26. The molecule has 1 aromatic rings. The van der Waals surface area contributed by atoms with Crippen LogP contribution >= 0.6 is 0 Å². The molecule has 2 saturated heterocycles. The summed E-state index contributed by atoms with van der Waals surface area (Å²) in [6.07, 6.45) is 10.4. The van der Waals surface area contributed by atoms with Crippen LogP contribution in [0, 0.1) is 17.3 Å². The molecule has 0 saturated carbocycles. The second kappa shape index (κ2) is 12.6. The average molecular weight is 538 g/mol. The molecule has 0 radical (unpaired) electrons. The Kier molecular flexibility index (Phi) is 8.78. The summed E-state index contributed by atoms with van der Waals surface area (Å²) in [4.78, 5) is 34.0. The van der Waals surface area contributed by atoms with Gasteiger partial charge in [-0.2, -0.15) is 0 Å². The highest BCUT2D eigenvalue weighted by Crippen LogP contribution is 2.31. The minimum atomic E-state index is -0.672. The number of nitrogens with zero attached hydrogens (tertiary/aromatic N) is 3. The van der Waals surface area contributed by atoms with E-state index in [4.69, 9.17) is 5.41 Å². The van der Waals surface area contributed by atoms with Gasteiger partial charge in [0.15, 0.2) is 0 Å². The molecule has 2 fully saturated rings. The second-order valence-corrected chi connectivity index (χ2v) is 11.2. The third kappa shape index (κ3) is 6.52. The van der Waals surface area contributed by atoms with Crippen molar-refractivity contribution >= 4 is 17.5 Å². The maximum atomic E-state index is 14.1. The van der Waals surface area contributed by atoms with Gasteiger partial charge in [0.1, 0.15) is 12.1 Å². The standard InChI is InChI=1S/C33H39N5O2/c1-24-18-19-38(33(40)31(27-6-4-3-5-7-27)37-22-20-36(2)21-23-37)30(24)32(39)35-29-16-12-26(13-17-29)9-8-25-10-14-28(34)15-11-25/h3-7,10,12,16,30-31,34H,1,11,13-15,17-23H2,2H3,(H,35,39). The Labute approximate surface area is 237 Å². The number of likely N-dealkylation sites (N-methyl/N-ethyl adjacent to an activating group) is 1. The van der Waals surface area contributed by atoms with Crippen LogP contribution in [0.4, 0.5) is 0 Å². The average Bonchev–Trinajstić information content (AvgIpc) is 3.36. The van der Waals surface area contributed by atoms with Crippen molar-refractivity contribution in [3.05, 3.63) is 83.1 Å². The second-order valence-electron chi connectivity index (χ2n) is 11.2. The van der Waals surface area contributed by atoms with Gasteiger partial charge < -0.3 is 20.5 Å². The molecule has 2 aliphatic heterocycles. The van der Waals surface area contributed by atoms with E-state index < -0.39 is 12.1 Å². The van der Waals surface area contributed by atoms with Crippen LogP contribution in [0.3, 0.4) is 0 Å². The molecule has 2 heterocycles. The monoisotopic (exact) mass is 537 g/mol. The first-order valence-electron chi connectivity index (χ1n) is 14.3. The van der Waals surface area contributed by atoms with Crippen molar-refractivity contribution in [1.29, 1.82) is 5.41 Å². The summed E-state index contributed by atoms with van der Waals surface area (Å²) in [5.74, 6) is 6.30. The highest BCUT2D eigenvalue weighted by atomic mass is 16.2. The van der Waals surface area contributed by atoms with Gasteiger partial charge in [-0.3, -0.25) is 14.5 Å². The van der Waals surface area contributed by atoms with Crippen molar-refractivity contribution < 1.29 is 9.59 Å². The topological polar surface area (TPSA) is 79.7 Å². The van der Waals surface area contributed by atoms with Gasteiger partial charge in [-0.25, -0.2) is 0 Å². The predicted octanol–water partition coefficient (Wildman–Crippen LogP) is 3.99. The fraction of sp³-hybridized carbons (Fsp3) is 0.424. The molecule has 4 aliphatic rings. The molecule has 208 valence electrons. The van der Waals surface area contributed by atoms with E-state index in [0.29, 0.717) is 25.8 Å². The number of hydrogen-bond acceptors (Lipinski definition) is 5. The molecule has 2 atom stereocenters. The minimum Gasteiger partial charge on any atom is -0.328 e. The first-order valence-corrected chi connectivity index (χ1v) is 14.3. The number of carbonyl (C=O) groups excluding carboxylic acids is 2. The van der Waals surface area contributed by atoms with Gasteiger partial charge in [0.2, 0.25) is 5.91 Å². The van der Waals surface area contributed by atoms with Crippen LogP contribution < -0.4 is 5.32 Å². The van der Waals surface area contributed by atoms with Crippen molar-refractivity contribution in [1.82, 2.24) is 20.0 Å². The van der Waals surface area contributed by atoms with E-state index in [2.05, 4.69) is 46.7 Å². The predicted molar refractivity (Wildman–Crippen MR) is 158 cm³/mol. The van der Waals surface area contributed by atoms with Gasteiger partial charge in [0.05, 0.1) is 0 Å². The van der Waals surface area contributed by atoms with E-state index in [0.717, 1.165) is 79.1 Å². The maximum absolute atomic E-state index is 14.1. The molecule has 0 aromatic heterocycles. The molecule has 2 unspecified atom stereocenters. The van der Waals surface area contributed by atoms with Crippen LogP contribution in [0.5, 0.6) is 0 Å². The van der Waals surface area contributed by atoms with E-state index in [9.17, 15) is 9.59 Å². The van der Waals surface area contributed by atoms with Crippen molar-refractivity contribution in [3.8, 4) is 11.8 Å². The first kappa shape index (κ1) is 27.8. The molecule has 2 aliphatic carbocycles. The van der Waals surface area contributed by atoms with Gasteiger partial charge in [0, 0.05) is 56.1 Å². The lowest BCUT2D eigenvalue weighted by Gasteiger charge is -2.39. The lowest BCUT2D eigenvalue weighted by Crippen LogP contribution is -2.53. The quantitative estimate of drug-likeness (QED) is 0.440. The van der Waals surface area contributed by atoms with Gasteiger partial charge in [0.25, 0.3) is 5.91 Å². The molecule has 0 bridgehead atoms. The summed E-state index contributed by atoms with van der Waals surface area (Å²) in [6, 6.07) is 8.84. The zero-order chi connectivity index (χ0) is 28.1. The number of benzene rings is 1. The summed E-state index contributed by atoms with van der Waals surface area (Å²) in [5.41, 5.74) is 5.50. The minimum absolute atomic E-state index is 0.0308. The number of nitrogens with one attached hydrogen (secondary N) is 2. The Balaban J connectivity index is 1.28. The lowest BCUT2D eigenvalue weighted by atomic mass is 9.97. The number of hydrogen-bond donors (Lipinski definition) is 2. The Morgan fingerprint density at radius 1 is 0.950 bits per heavy atom. The number of piperazine rings is 1. The molecule has 1 aromatic carbocycles. The molecule has 0 spiro atoms. The highest BCUT2D eigenvalue weighted by Gasteiger charge is 2.42. The molecule has 5 rings (SSSR count). The van der Waals surface area contributed by atoms with E-state index in [1.807, 2.05) is 42.5 Å². The van der Waals surface area contributed by atoms with Gasteiger partial charge >= 0.3 is 0 Å². The Bertz CT molecular complexity index is 1320. The normalized spacial score (nSPS) is 23.0. The van der Waals surface area contributed by atoms with Crippen molar-refractivity contribution in [2.24, 2.45) is 0 Å². The van der Waals surface area contributed by atoms with E-state index in [1.54, 1.807) is 4.90 Å². The van der Waals surface area contributed by atoms with Crippen LogP contribution in [0.1, 0.15) is 50.1 Å². The number of carbonyl (C=O) groups is 2. The summed E-state index contributed by atoms with van der Waals surface area (Å²) in [5, 5.41) is 10.8. The van der Waals surface area contributed by atoms with E-state index in [1.165, 1.54) is 0 Å². The SMILES string of the molecule is C=C1CCN(C(=O)C(c2ccccc2)N2CCN(C)CC2)C1C(=O)NC1=CC=C(C#CC2=CCC(=N)CC2)CC1. The number of rotatable bonds is 5. The van der Waals surface area contributed by atoms with Crippen LogP contribution in [-0.2, 0) is 9.59 Å². The zero-order valence-corrected chi connectivity index (χ0v) is 23.4. The van der Waals surface area contributed by atoms with Crippen LogP contribution in [0.25, 0.3) is 0 Å². The van der Waals surface area contributed by atoms with Gasteiger partial charge in [-0.1, -0.05) is 54.8 Å². The van der Waals surface area contributed by atoms with E-state index in [-0.39, 0.29) is 11.8 Å². The largest absolute Gasteiger partial charge is 0.328 e. The Morgan fingerprint density at radius 3 is 2.35 bits per heavy atom. The van der Waals surface area contributed by atoms with Crippen LogP contribution in [-0.4, -0.2) is 78.0 Å². The molecule has 40 heavy (non-hydrogen) atoms.